The van der Waals surface area contributed by atoms with Crippen molar-refractivity contribution in [1.29, 1.82) is 0 Å². The first kappa shape index (κ1) is 35.5. The van der Waals surface area contributed by atoms with Crippen LogP contribution in [0.2, 0.25) is 0 Å². The molecule has 0 bridgehead atoms. The maximum atomic E-state index is 13.0. The zero-order chi connectivity index (χ0) is 33.8. The molecule has 10 nitrogen and oxygen atoms in total. The molecule has 48 heavy (non-hydrogen) atoms. The summed E-state index contributed by atoms with van der Waals surface area (Å²) in [5.74, 6) is -1.24. The normalized spacial score (nSPS) is 11.9. The lowest BCUT2D eigenvalue weighted by atomic mass is 10.0. The molecule has 4 N–H and O–H groups in total. The molecule has 0 saturated carbocycles. The fourth-order valence-electron chi connectivity index (χ4n) is 4.84. The molecule has 4 amide bonds. The summed E-state index contributed by atoms with van der Waals surface area (Å²) in [5, 5.41) is 11.4. The van der Waals surface area contributed by atoms with Crippen molar-refractivity contribution < 1.29 is 28.7 Å². The molecule has 0 aliphatic heterocycles. The predicted octanol–water partition coefficient (Wildman–Crippen LogP) is 3.33. The standard InChI is InChI=1S/C38H42N4O6/c43-35(31-17-9-3-10-18-31)41-33(27-29-13-5-1-6-14-29)37(45)39-21-23-47-25-26-48-24-22-40-38(46)34(28-30-15-7-2-8-16-30)42-36(44)32-19-11-4-12-20-32/h1-20,33-34H,21-28H2,(H,39,45)(H,40,46)(H,41,43)(H,42,44)/t33-,34-/m0/s1. The van der Waals surface area contributed by atoms with Crippen molar-refractivity contribution in [2.45, 2.75) is 24.9 Å². The molecule has 0 aromatic heterocycles. The molecule has 4 aromatic carbocycles. The Balaban J connectivity index is 1.13. The second-order valence-corrected chi connectivity index (χ2v) is 11.0. The predicted molar refractivity (Wildman–Crippen MR) is 183 cm³/mol. The van der Waals surface area contributed by atoms with E-state index in [2.05, 4.69) is 21.3 Å². The van der Waals surface area contributed by atoms with Gasteiger partial charge in [-0.25, -0.2) is 0 Å². The Morgan fingerprint density at radius 3 is 1.15 bits per heavy atom. The number of hydrogen-bond acceptors (Lipinski definition) is 6. The molecule has 250 valence electrons. The van der Waals surface area contributed by atoms with Crippen LogP contribution < -0.4 is 21.3 Å². The van der Waals surface area contributed by atoms with Crippen molar-refractivity contribution in [2.75, 3.05) is 39.5 Å². The Morgan fingerprint density at radius 2 is 0.792 bits per heavy atom. The quantitative estimate of drug-likeness (QED) is 0.115. The highest BCUT2D eigenvalue weighted by Crippen LogP contribution is 2.07. The van der Waals surface area contributed by atoms with Crippen molar-refractivity contribution in [3.63, 3.8) is 0 Å². The minimum absolute atomic E-state index is 0.263. The summed E-state index contributed by atoms with van der Waals surface area (Å²) in [4.78, 5) is 51.5. The number of amides is 4. The Labute approximate surface area is 281 Å². The summed E-state index contributed by atoms with van der Waals surface area (Å²) in [6.07, 6.45) is 0.700. The van der Waals surface area contributed by atoms with Crippen LogP contribution in [0.1, 0.15) is 31.8 Å². The van der Waals surface area contributed by atoms with E-state index in [9.17, 15) is 19.2 Å². The van der Waals surface area contributed by atoms with Gasteiger partial charge in [0.05, 0.1) is 26.4 Å². The average molecular weight is 651 g/mol. The van der Waals surface area contributed by atoms with Gasteiger partial charge in [0.15, 0.2) is 0 Å². The second-order valence-electron chi connectivity index (χ2n) is 11.0. The van der Waals surface area contributed by atoms with E-state index in [1.54, 1.807) is 48.5 Å². The second kappa shape index (κ2) is 20.0. The van der Waals surface area contributed by atoms with Crippen LogP contribution in [-0.2, 0) is 31.9 Å². The van der Waals surface area contributed by atoms with E-state index in [4.69, 9.17) is 9.47 Å². The first-order chi connectivity index (χ1) is 23.5. The third-order valence-electron chi connectivity index (χ3n) is 7.34. The third-order valence-corrected chi connectivity index (χ3v) is 7.34. The lowest BCUT2D eigenvalue weighted by Crippen LogP contribution is -2.48. The lowest BCUT2D eigenvalue weighted by molar-refractivity contribution is -0.124. The zero-order valence-corrected chi connectivity index (χ0v) is 26.8. The molecule has 0 aliphatic rings. The summed E-state index contributed by atoms with van der Waals surface area (Å²) in [7, 11) is 0. The third kappa shape index (κ3) is 12.5. The maximum Gasteiger partial charge on any atom is 0.251 e. The monoisotopic (exact) mass is 650 g/mol. The Kier molecular flexibility index (Phi) is 14.8. The average Bonchev–Trinajstić information content (AvgIpc) is 3.13. The van der Waals surface area contributed by atoms with Crippen molar-refractivity contribution in [2.24, 2.45) is 0 Å². The SMILES string of the molecule is O=C(N[C@@H](Cc1ccccc1)C(=O)NCCOCCOCCNC(=O)[C@H](Cc1ccccc1)NC(=O)c1ccccc1)c1ccccc1. The molecule has 10 heteroatoms. The van der Waals surface area contributed by atoms with Gasteiger partial charge >= 0.3 is 0 Å². The van der Waals surface area contributed by atoms with Gasteiger partial charge in [0.1, 0.15) is 12.1 Å². The topological polar surface area (TPSA) is 135 Å². The van der Waals surface area contributed by atoms with Gasteiger partial charge in [0, 0.05) is 37.1 Å². The van der Waals surface area contributed by atoms with E-state index < -0.39 is 12.1 Å². The molecule has 0 heterocycles. The van der Waals surface area contributed by atoms with Crippen LogP contribution in [0.15, 0.2) is 121 Å². The van der Waals surface area contributed by atoms with E-state index in [0.717, 1.165) is 11.1 Å². The van der Waals surface area contributed by atoms with Crippen LogP contribution in [0.25, 0.3) is 0 Å². The summed E-state index contributed by atoms with van der Waals surface area (Å²) in [5.41, 5.74) is 2.82. The van der Waals surface area contributed by atoms with Crippen LogP contribution in [0, 0.1) is 0 Å². The van der Waals surface area contributed by atoms with Crippen molar-refractivity contribution in [3.8, 4) is 0 Å². The van der Waals surface area contributed by atoms with E-state index in [1.807, 2.05) is 72.8 Å². The Bertz CT molecular complexity index is 1440. The molecule has 0 aliphatic carbocycles. The van der Waals surface area contributed by atoms with Gasteiger partial charge < -0.3 is 30.7 Å². The smallest absolute Gasteiger partial charge is 0.251 e. The molecule has 2 atom stereocenters. The fourth-order valence-corrected chi connectivity index (χ4v) is 4.84. The lowest BCUT2D eigenvalue weighted by Gasteiger charge is -2.19. The molecule has 0 spiro atoms. The van der Waals surface area contributed by atoms with Crippen LogP contribution in [0.5, 0.6) is 0 Å². The number of rotatable bonds is 19. The Morgan fingerprint density at radius 1 is 0.458 bits per heavy atom. The van der Waals surface area contributed by atoms with Gasteiger partial charge in [0.2, 0.25) is 11.8 Å². The number of carbonyl (C=O) groups excluding carboxylic acids is 4. The highest BCUT2D eigenvalue weighted by atomic mass is 16.5. The van der Waals surface area contributed by atoms with Crippen molar-refractivity contribution >= 4 is 23.6 Å². The zero-order valence-electron chi connectivity index (χ0n) is 26.8. The van der Waals surface area contributed by atoms with E-state index in [0.29, 0.717) is 37.2 Å². The Hall–Kier alpha value is -5.32. The highest BCUT2D eigenvalue weighted by molar-refractivity contribution is 5.98. The van der Waals surface area contributed by atoms with E-state index in [1.165, 1.54) is 0 Å². The number of carbonyl (C=O) groups is 4. The number of hydrogen-bond donors (Lipinski definition) is 4. The van der Waals surface area contributed by atoms with Crippen LogP contribution in [0.4, 0.5) is 0 Å². The van der Waals surface area contributed by atoms with E-state index in [-0.39, 0.29) is 49.9 Å². The summed E-state index contributed by atoms with van der Waals surface area (Å²) >= 11 is 0. The number of ether oxygens (including phenoxy) is 2. The minimum Gasteiger partial charge on any atom is -0.377 e. The van der Waals surface area contributed by atoms with Crippen molar-refractivity contribution in [3.05, 3.63) is 144 Å². The number of benzene rings is 4. The molecule has 4 aromatic rings. The molecule has 4 rings (SSSR count). The van der Waals surface area contributed by atoms with Crippen LogP contribution >= 0.6 is 0 Å². The molecule has 0 unspecified atom stereocenters. The maximum absolute atomic E-state index is 13.0. The molecule has 0 radical (unpaired) electrons. The van der Waals surface area contributed by atoms with Crippen molar-refractivity contribution in [1.82, 2.24) is 21.3 Å². The van der Waals surface area contributed by atoms with Gasteiger partial charge in [-0.3, -0.25) is 19.2 Å². The number of nitrogens with one attached hydrogen (secondary N) is 4. The largest absolute Gasteiger partial charge is 0.377 e. The highest BCUT2D eigenvalue weighted by Gasteiger charge is 2.23. The first-order valence-corrected chi connectivity index (χ1v) is 16.0. The molecular weight excluding hydrogens is 608 g/mol. The van der Waals surface area contributed by atoms with Crippen LogP contribution in [-0.4, -0.2) is 75.2 Å². The van der Waals surface area contributed by atoms with Gasteiger partial charge in [-0.15, -0.1) is 0 Å². The summed E-state index contributed by atoms with van der Waals surface area (Å²) in [6.45, 7) is 1.65. The molecular formula is C38H42N4O6. The summed E-state index contributed by atoms with van der Waals surface area (Å²) in [6, 6.07) is 35.1. The van der Waals surface area contributed by atoms with Gasteiger partial charge in [0.25, 0.3) is 11.8 Å². The summed E-state index contributed by atoms with van der Waals surface area (Å²) < 4.78 is 11.2. The van der Waals surface area contributed by atoms with Gasteiger partial charge in [-0.1, -0.05) is 97.1 Å². The first-order valence-electron chi connectivity index (χ1n) is 16.0. The van der Waals surface area contributed by atoms with E-state index >= 15 is 0 Å². The molecule has 0 saturated heterocycles. The fraction of sp³-hybridized carbons (Fsp3) is 0.263. The van der Waals surface area contributed by atoms with Gasteiger partial charge in [-0.05, 0) is 35.4 Å². The minimum atomic E-state index is -0.752. The van der Waals surface area contributed by atoms with Crippen LogP contribution in [0.3, 0.4) is 0 Å². The van der Waals surface area contributed by atoms with Gasteiger partial charge in [-0.2, -0.15) is 0 Å². The molecule has 0 fully saturated rings.